The van der Waals surface area contributed by atoms with E-state index >= 15 is 0 Å². The number of aromatic amines is 1. The smallest absolute Gasteiger partial charge is 0.380 e. The lowest BCUT2D eigenvalue weighted by atomic mass is 10.1. The molecule has 2 aliphatic rings. The van der Waals surface area contributed by atoms with E-state index in [2.05, 4.69) is 20.0 Å². The molecule has 3 amide bonds. The maximum atomic E-state index is 14.4. The average Bonchev–Trinajstić information content (AvgIpc) is 3.60. The number of carbonyl (C=O) groups excluding carboxylic acids is 3. The number of amides is 3. The van der Waals surface area contributed by atoms with Crippen molar-refractivity contribution < 1.29 is 33.1 Å². The third kappa shape index (κ3) is 5.19. The SMILES string of the molecule is O=C(Nc1ccc(-c2noc(=O)[nH]2)cc1)C(O)C1OCCN(c2cc(F)cc(C(=O)N3CCCC3)c2)C1=O. The van der Waals surface area contributed by atoms with Crippen molar-refractivity contribution >= 4 is 29.1 Å². The monoisotopic (exact) mass is 525 g/mol. The van der Waals surface area contributed by atoms with Crippen molar-refractivity contribution in [2.45, 2.75) is 25.0 Å². The first kappa shape index (κ1) is 25.3. The van der Waals surface area contributed by atoms with Crippen molar-refractivity contribution in [3.8, 4) is 11.4 Å². The third-order valence-electron chi connectivity index (χ3n) is 6.38. The highest BCUT2D eigenvalue weighted by molar-refractivity contribution is 6.04. The van der Waals surface area contributed by atoms with E-state index in [1.165, 1.54) is 23.1 Å². The van der Waals surface area contributed by atoms with Crippen LogP contribution in [0.1, 0.15) is 23.2 Å². The molecule has 13 heteroatoms. The number of halogens is 1. The van der Waals surface area contributed by atoms with Crippen molar-refractivity contribution in [3.05, 3.63) is 64.4 Å². The molecule has 2 fully saturated rings. The van der Waals surface area contributed by atoms with Gasteiger partial charge in [0.05, 0.1) is 6.61 Å². The van der Waals surface area contributed by atoms with Crippen LogP contribution in [0.25, 0.3) is 11.4 Å². The molecule has 12 nitrogen and oxygen atoms in total. The van der Waals surface area contributed by atoms with Gasteiger partial charge in [0.15, 0.2) is 18.0 Å². The largest absolute Gasteiger partial charge is 0.439 e. The molecule has 2 aromatic carbocycles. The molecular weight excluding hydrogens is 501 g/mol. The number of H-pyrrole nitrogens is 1. The number of morpholine rings is 1. The Kier molecular flexibility index (Phi) is 7.03. The Morgan fingerprint density at radius 3 is 2.53 bits per heavy atom. The summed E-state index contributed by atoms with van der Waals surface area (Å²) in [6.07, 6.45) is -1.64. The Morgan fingerprint density at radius 1 is 1.11 bits per heavy atom. The van der Waals surface area contributed by atoms with Gasteiger partial charge in [0.2, 0.25) is 0 Å². The fourth-order valence-corrected chi connectivity index (χ4v) is 4.46. The standard InChI is InChI=1S/C25H24FN5O7/c26-16-11-15(23(34)30-7-1-2-8-30)12-18(13-16)31-9-10-37-20(24(31)35)19(32)22(33)27-17-5-3-14(4-6-17)21-28-25(36)38-29-21/h3-6,11-13,19-20,32H,1-2,7-10H2,(H,27,33)(H,28,29,36). The van der Waals surface area contributed by atoms with Crippen LogP contribution in [0, 0.1) is 5.82 Å². The van der Waals surface area contributed by atoms with Crippen LogP contribution in [-0.2, 0) is 14.3 Å². The number of hydrogen-bond acceptors (Lipinski definition) is 8. The topological polar surface area (TPSA) is 158 Å². The Bertz CT molecular complexity index is 1410. The second-order valence-corrected chi connectivity index (χ2v) is 8.93. The number of carbonyl (C=O) groups is 3. The highest BCUT2D eigenvalue weighted by atomic mass is 19.1. The van der Waals surface area contributed by atoms with Gasteiger partial charge in [-0.25, -0.2) is 9.18 Å². The van der Waals surface area contributed by atoms with Crippen molar-refractivity contribution in [3.63, 3.8) is 0 Å². The fourth-order valence-electron chi connectivity index (χ4n) is 4.46. The van der Waals surface area contributed by atoms with Crippen LogP contribution in [0.3, 0.4) is 0 Å². The molecule has 38 heavy (non-hydrogen) atoms. The maximum Gasteiger partial charge on any atom is 0.439 e. The summed E-state index contributed by atoms with van der Waals surface area (Å²) >= 11 is 0. The molecule has 3 heterocycles. The van der Waals surface area contributed by atoms with Crippen LogP contribution in [0.15, 0.2) is 51.8 Å². The number of rotatable bonds is 6. The first-order valence-electron chi connectivity index (χ1n) is 12.0. The van der Waals surface area contributed by atoms with E-state index in [0.717, 1.165) is 25.0 Å². The minimum absolute atomic E-state index is 0.0166. The molecule has 3 aromatic rings. The minimum Gasteiger partial charge on any atom is -0.380 e. The van der Waals surface area contributed by atoms with E-state index in [0.29, 0.717) is 24.3 Å². The first-order valence-corrected chi connectivity index (χ1v) is 12.0. The van der Waals surface area contributed by atoms with Gasteiger partial charge in [-0.2, -0.15) is 0 Å². The van der Waals surface area contributed by atoms with Crippen LogP contribution >= 0.6 is 0 Å². The molecule has 0 saturated carbocycles. The molecule has 3 N–H and O–H groups in total. The van der Waals surface area contributed by atoms with Crippen LogP contribution in [0.5, 0.6) is 0 Å². The lowest BCUT2D eigenvalue weighted by Crippen LogP contribution is -2.55. The molecule has 0 radical (unpaired) electrons. The predicted molar refractivity (Wildman–Crippen MR) is 131 cm³/mol. The van der Waals surface area contributed by atoms with E-state index in [-0.39, 0.29) is 36.1 Å². The normalized spacial score (nSPS) is 18.5. The quantitative estimate of drug-likeness (QED) is 0.432. The van der Waals surface area contributed by atoms with Crippen molar-refractivity contribution in [1.29, 1.82) is 0 Å². The highest BCUT2D eigenvalue weighted by Crippen LogP contribution is 2.25. The summed E-state index contributed by atoms with van der Waals surface area (Å²) < 4.78 is 24.3. The lowest BCUT2D eigenvalue weighted by molar-refractivity contribution is -0.150. The van der Waals surface area contributed by atoms with Gasteiger partial charge in [-0.05, 0) is 55.3 Å². The van der Waals surface area contributed by atoms with Crippen molar-refractivity contribution in [1.82, 2.24) is 15.0 Å². The molecule has 2 unspecified atom stereocenters. The molecule has 0 spiro atoms. The van der Waals surface area contributed by atoms with Gasteiger partial charge in [-0.1, -0.05) is 5.16 Å². The Morgan fingerprint density at radius 2 is 1.84 bits per heavy atom. The predicted octanol–water partition coefficient (Wildman–Crippen LogP) is 1.14. The average molecular weight is 525 g/mol. The summed E-state index contributed by atoms with van der Waals surface area (Å²) in [5, 5.41) is 16.7. The second kappa shape index (κ2) is 10.6. The van der Waals surface area contributed by atoms with Gasteiger partial charge >= 0.3 is 5.76 Å². The van der Waals surface area contributed by atoms with E-state index in [1.807, 2.05) is 0 Å². The van der Waals surface area contributed by atoms with Gasteiger partial charge in [-0.15, -0.1) is 0 Å². The van der Waals surface area contributed by atoms with E-state index in [9.17, 15) is 28.7 Å². The third-order valence-corrected chi connectivity index (χ3v) is 6.38. The number of ether oxygens (including phenoxy) is 1. The zero-order chi connectivity index (χ0) is 26.8. The van der Waals surface area contributed by atoms with Crippen LogP contribution in [0.4, 0.5) is 15.8 Å². The summed E-state index contributed by atoms with van der Waals surface area (Å²) in [7, 11) is 0. The van der Waals surface area contributed by atoms with Gasteiger partial charge in [0.1, 0.15) is 5.82 Å². The number of likely N-dealkylation sites (tertiary alicyclic amines) is 1. The Hall–Kier alpha value is -4.36. The zero-order valence-corrected chi connectivity index (χ0v) is 20.1. The fraction of sp³-hybridized carbons (Fsp3) is 0.320. The lowest BCUT2D eigenvalue weighted by Gasteiger charge is -2.34. The van der Waals surface area contributed by atoms with Gasteiger partial charge < -0.3 is 25.0 Å². The van der Waals surface area contributed by atoms with Crippen molar-refractivity contribution in [2.75, 3.05) is 36.5 Å². The maximum absolute atomic E-state index is 14.4. The minimum atomic E-state index is -1.86. The number of nitrogens with zero attached hydrogens (tertiary/aromatic N) is 3. The highest BCUT2D eigenvalue weighted by Gasteiger charge is 2.39. The molecule has 2 saturated heterocycles. The first-order chi connectivity index (χ1) is 18.3. The number of aliphatic hydroxyl groups is 1. The van der Waals surface area contributed by atoms with Gasteiger partial charge in [-0.3, -0.25) is 23.9 Å². The summed E-state index contributed by atoms with van der Waals surface area (Å²) in [4.78, 5) is 55.0. The van der Waals surface area contributed by atoms with E-state index in [4.69, 9.17) is 4.74 Å². The molecule has 2 aliphatic heterocycles. The van der Waals surface area contributed by atoms with Gasteiger partial charge in [0, 0.05) is 42.1 Å². The number of aromatic nitrogens is 2. The molecular formula is C25H24FN5O7. The zero-order valence-electron chi connectivity index (χ0n) is 20.1. The van der Waals surface area contributed by atoms with Crippen LogP contribution < -0.4 is 16.0 Å². The molecule has 198 valence electrons. The number of benzene rings is 2. The second-order valence-electron chi connectivity index (χ2n) is 8.93. The molecule has 0 bridgehead atoms. The summed E-state index contributed by atoms with van der Waals surface area (Å²) in [5.74, 6) is -3.14. The van der Waals surface area contributed by atoms with Crippen LogP contribution in [-0.4, -0.2) is 76.3 Å². The Labute approximate surface area is 215 Å². The molecule has 0 aliphatic carbocycles. The number of aliphatic hydroxyl groups excluding tert-OH is 1. The molecule has 5 rings (SSSR count). The van der Waals surface area contributed by atoms with Crippen LogP contribution in [0.2, 0.25) is 0 Å². The summed E-state index contributed by atoms with van der Waals surface area (Å²) in [6.45, 7) is 1.22. The molecule has 2 atom stereocenters. The summed E-state index contributed by atoms with van der Waals surface area (Å²) in [5.41, 5.74) is 1.08. The Balaban J connectivity index is 1.28. The van der Waals surface area contributed by atoms with E-state index < -0.39 is 35.6 Å². The van der Waals surface area contributed by atoms with Crippen molar-refractivity contribution in [2.24, 2.45) is 0 Å². The number of anilines is 2. The number of hydrogen-bond donors (Lipinski definition) is 3. The van der Waals surface area contributed by atoms with Gasteiger partial charge in [0.25, 0.3) is 17.7 Å². The molecule has 1 aromatic heterocycles. The number of nitrogens with one attached hydrogen (secondary N) is 2. The van der Waals surface area contributed by atoms with E-state index in [1.54, 1.807) is 17.0 Å². The summed E-state index contributed by atoms with van der Waals surface area (Å²) in [6, 6.07) is 9.82.